The summed E-state index contributed by atoms with van der Waals surface area (Å²) in [7, 11) is 1.96. The van der Waals surface area contributed by atoms with Crippen molar-refractivity contribution < 1.29 is 0 Å². The van der Waals surface area contributed by atoms with E-state index in [1.807, 2.05) is 11.6 Å². The first-order valence-electron chi connectivity index (χ1n) is 7.20. The summed E-state index contributed by atoms with van der Waals surface area (Å²) in [6, 6.07) is 8.87. The average molecular weight is 271 g/mol. The molecule has 106 valence electrons. The van der Waals surface area contributed by atoms with Crippen molar-refractivity contribution in [3.05, 3.63) is 42.0 Å². The van der Waals surface area contributed by atoms with Crippen molar-refractivity contribution in [3.63, 3.8) is 0 Å². The molecule has 1 aliphatic rings. The minimum absolute atomic E-state index is 0.740. The topological polar surface area (TPSA) is 46.0 Å². The Kier molecular flexibility index (Phi) is 3.97. The Morgan fingerprint density at radius 2 is 1.85 bits per heavy atom. The summed E-state index contributed by atoms with van der Waals surface area (Å²) in [4.78, 5) is 2.46. The second-order valence-corrected chi connectivity index (χ2v) is 5.32. The Morgan fingerprint density at radius 1 is 1.10 bits per heavy atom. The third kappa shape index (κ3) is 2.99. The highest BCUT2D eigenvalue weighted by molar-refractivity contribution is 5.48. The van der Waals surface area contributed by atoms with E-state index >= 15 is 0 Å². The lowest BCUT2D eigenvalue weighted by molar-refractivity contribution is 0.637. The van der Waals surface area contributed by atoms with Gasteiger partial charge >= 0.3 is 0 Å². The number of hydrogen-bond donors (Lipinski definition) is 1. The molecule has 5 nitrogen and oxygen atoms in total. The van der Waals surface area contributed by atoms with Crippen LogP contribution < -0.4 is 10.2 Å². The van der Waals surface area contributed by atoms with E-state index in [1.165, 1.54) is 37.2 Å². The van der Waals surface area contributed by atoms with Crippen LogP contribution in [-0.2, 0) is 20.1 Å². The molecule has 0 atom stereocenters. The smallest absolute Gasteiger partial charge is 0.146 e. The van der Waals surface area contributed by atoms with Crippen LogP contribution in [0.5, 0.6) is 0 Å². The Morgan fingerprint density at radius 3 is 2.50 bits per heavy atom. The molecule has 0 amide bonds. The highest BCUT2D eigenvalue weighted by Crippen LogP contribution is 2.20. The molecule has 1 aliphatic heterocycles. The van der Waals surface area contributed by atoms with E-state index in [4.69, 9.17) is 0 Å². The van der Waals surface area contributed by atoms with E-state index in [0.29, 0.717) is 0 Å². The minimum Gasteiger partial charge on any atom is -0.372 e. The van der Waals surface area contributed by atoms with Crippen LogP contribution in [0, 0.1) is 0 Å². The average Bonchev–Trinajstić information content (AvgIpc) is 3.12. The lowest BCUT2D eigenvalue weighted by atomic mass is 10.2. The molecule has 0 aliphatic carbocycles. The number of aromatic nitrogens is 3. The van der Waals surface area contributed by atoms with Crippen LogP contribution in [0.2, 0.25) is 0 Å². The standard InChI is InChI=1S/C15H21N5/c1-19-12-17-18-15(19)11-16-10-13-4-6-14(7-5-13)20-8-2-3-9-20/h4-7,12,16H,2-3,8-11H2,1H3. The van der Waals surface area contributed by atoms with Crippen molar-refractivity contribution in [3.8, 4) is 0 Å². The van der Waals surface area contributed by atoms with E-state index in [9.17, 15) is 0 Å². The molecular weight excluding hydrogens is 250 g/mol. The summed E-state index contributed by atoms with van der Waals surface area (Å²) >= 11 is 0. The second kappa shape index (κ2) is 6.05. The van der Waals surface area contributed by atoms with Gasteiger partial charge in [0.25, 0.3) is 0 Å². The molecule has 1 fully saturated rings. The Hall–Kier alpha value is -1.88. The molecule has 5 heteroatoms. The molecule has 1 N–H and O–H groups in total. The second-order valence-electron chi connectivity index (χ2n) is 5.32. The number of rotatable bonds is 5. The summed E-state index contributed by atoms with van der Waals surface area (Å²) in [5.74, 6) is 0.957. The van der Waals surface area contributed by atoms with Gasteiger partial charge in [-0.1, -0.05) is 12.1 Å². The predicted octanol–water partition coefficient (Wildman–Crippen LogP) is 1.71. The first kappa shape index (κ1) is 13.1. The van der Waals surface area contributed by atoms with E-state index in [2.05, 4.69) is 44.7 Å². The maximum atomic E-state index is 4.06. The van der Waals surface area contributed by atoms with Gasteiger partial charge < -0.3 is 14.8 Å². The van der Waals surface area contributed by atoms with Crippen molar-refractivity contribution in [2.75, 3.05) is 18.0 Å². The molecule has 1 aromatic carbocycles. The van der Waals surface area contributed by atoms with Gasteiger partial charge in [0.15, 0.2) is 0 Å². The quantitative estimate of drug-likeness (QED) is 0.899. The van der Waals surface area contributed by atoms with Crippen molar-refractivity contribution in [2.24, 2.45) is 7.05 Å². The van der Waals surface area contributed by atoms with Gasteiger partial charge in [0, 0.05) is 32.4 Å². The zero-order valence-electron chi connectivity index (χ0n) is 11.9. The number of aryl methyl sites for hydroxylation is 1. The summed E-state index contributed by atoms with van der Waals surface area (Å²) in [5.41, 5.74) is 2.65. The van der Waals surface area contributed by atoms with Crippen LogP contribution in [0.4, 0.5) is 5.69 Å². The first-order chi connectivity index (χ1) is 9.83. The monoisotopic (exact) mass is 271 g/mol. The van der Waals surface area contributed by atoms with Gasteiger partial charge in [-0.25, -0.2) is 0 Å². The number of nitrogens with one attached hydrogen (secondary N) is 1. The normalized spacial score (nSPS) is 14.9. The first-order valence-corrected chi connectivity index (χ1v) is 7.20. The third-order valence-electron chi connectivity index (χ3n) is 3.82. The fraction of sp³-hybridized carbons (Fsp3) is 0.467. The maximum Gasteiger partial charge on any atom is 0.146 e. The van der Waals surface area contributed by atoms with Gasteiger partial charge in [0.2, 0.25) is 0 Å². The van der Waals surface area contributed by atoms with Gasteiger partial charge in [-0.15, -0.1) is 10.2 Å². The molecular formula is C15H21N5. The van der Waals surface area contributed by atoms with Gasteiger partial charge in [0.1, 0.15) is 12.2 Å². The SMILES string of the molecule is Cn1cnnc1CNCc1ccc(N2CCCC2)cc1. The van der Waals surface area contributed by atoms with Crippen LogP contribution >= 0.6 is 0 Å². The zero-order valence-corrected chi connectivity index (χ0v) is 11.9. The summed E-state index contributed by atoms with van der Waals surface area (Å²) in [5, 5.41) is 11.3. The number of benzene rings is 1. The van der Waals surface area contributed by atoms with Crippen LogP contribution in [0.3, 0.4) is 0 Å². The largest absolute Gasteiger partial charge is 0.372 e. The van der Waals surface area contributed by atoms with Gasteiger partial charge in [-0.05, 0) is 30.5 Å². The van der Waals surface area contributed by atoms with Crippen molar-refractivity contribution in [1.82, 2.24) is 20.1 Å². The molecule has 3 rings (SSSR count). The summed E-state index contributed by atoms with van der Waals surface area (Å²) in [6.07, 6.45) is 4.36. The number of hydrogen-bond acceptors (Lipinski definition) is 4. The lowest BCUT2D eigenvalue weighted by Gasteiger charge is -2.17. The van der Waals surface area contributed by atoms with Crippen LogP contribution in [-0.4, -0.2) is 27.9 Å². The Bertz CT molecular complexity index is 540. The van der Waals surface area contributed by atoms with Crippen molar-refractivity contribution >= 4 is 5.69 Å². The van der Waals surface area contributed by atoms with Crippen LogP contribution in [0.25, 0.3) is 0 Å². The molecule has 0 spiro atoms. The Balaban J connectivity index is 1.52. The molecule has 0 saturated carbocycles. The number of anilines is 1. The molecule has 20 heavy (non-hydrogen) atoms. The number of nitrogens with zero attached hydrogens (tertiary/aromatic N) is 4. The van der Waals surface area contributed by atoms with Crippen LogP contribution in [0.15, 0.2) is 30.6 Å². The zero-order chi connectivity index (χ0) is 13.8. The van der Waals surface area contributed by atoms with Crippen molar-refractivity contribution in [1.29, 1.82) is 0 Å². The predicted molar refractivity (Wildman–Crippen MR) is 79.4 cm³/mol. The Labute approximate surface area is 119 Å². The van der Waals surface area contributed by atoms with E-state index in [-0.39, 0.29) is 0 Å². The molecule has 2 aromatic rings. The lowest BCUT2D eigenvalue weighted by Crippen LogP contribution is -2.18. The van der Waals surface area contributed by atoms with Gasteiger partial charge in [0.05, 0.1) is 6.54 Å². The minimum atomic E-state index is 0.740. The summed E-state index contributed by atoms with van der Waals surface area (Å²) in [6.45, 7) is 3.99. The highest BCUT2D eigenvalue weighted by Gasteiger charge is 2.11. The molecule has 2 heterocycles. The molecule has 0 bridgehead atoms. The van der Waals surface area contributed by atoms with Gasteiger partial charge in [-0.3, -0.25) is 0 Å². The van der Waals surface area contributed by atoms with E-state index < -0.39 is 0 Å². The van der Waals surface area contributed by atoms with E-state index in [0.717, 1.165) is 18.9 Å². The maximum absolute atomic E-state index is 4.06. The molecule has 0 unspecified atom stereocenters. The molecule has 1 aromatic heterocycles. The fourth-order valence-electron chi connectivity index (χ4n) is 2.59. The summed E-state index contributed by atoms with van der Waals surface area (Å²) < 4.78 is 1.93. The molecule has 0 radical (unpaired) electrons. The fourth-order valence-corrected chi connectivity index (χ4v) is 2.59. The van der Waals surface area contributed by atoms with Gasteiger partial charge in [-0.2, -0.15) is 0 Å². The van der Waals surface area contributed by atoms with Crippen molar-refractivity contribution in [2.45, 2.75) is 25.9 Å². The third-order valence-corrected chi connectivity index (χ3v) is 3.82. The highest BCUT2D eigenvalue weighted by atomic mass is 15.3. The van der Waals surface area contributed by atoms with Crippen LogP contribution in [0.1, 0.15) is 24.2 Å². The molecule has 1 saturated heterocycles. The van der Waals surface area contributed by atoms with E-state index in [1.54, 1.807) is 6.33 Å².